The molecule has 23 heavy (non-hydrogen) atoms. The standard InChI is InChI=1S/C16H22N4O3/c1-16(2,3)23-15(21)19-12-7-6-10(8-13(12)22-5)14-11(17)9-18-20(14)4/h6-9H,17H2,1-5H3,(H,19,21). The molecule has 0 saturated heterocycles. The third-order valence-electron chi connectivity index (χ3n) is 3.08. The molecule has 0 radical (unpaired) electrons. The lowest BCUT2D eigenvalue weighted by atomic mass is 10.1. The summed E-state index contributed by atoms with van der Waals surface area (Å²) < 4.78 is 12.3. The van der Waals surface area contributed by atoms with Crippen molar-refractivity contribution in [3.8, 4) is 17.0 Å². The number of ether oxygens (including phenoxy) is 2. The van der Waals surface area contributed by atoms with E-state index in [0.717, 1.165) is 11.3 Å². The highest BCUT2D eigenvalue weighted by molar-refractivity contribution is 5.88. The van der Waals surface area contributed by atoms with E-state index in [0.29, 0.717) is 17.1 Å². The van der Waals surface area contributed by atoms with Crippen LogP contribution in [0, 0.1) is 0 Å². The van der Waals surface area contributed by atoms with Crippen molar-refractivity contribution in [2.75, 3.05) is 18.2 Å². The number of nitrogens with one attached hydrogen (secondary N) is 1. The number of carbonyl (C=O) groups excluding carboxylic acids is 1. The molecule has 0 spiro atoms. The number of rotatable bonds is 3. The van der Waals surface area contributed by atoms with Crippen molar-refractivity contribution >= 4 is 17.5 Å². The van der Waals surface area contributed by atoms with E-state index < -0.39 is 11.7 Å². The maximum absolute atomic E-state index is 11.9. The number of benzene rings is 1. The molecule has 1 amide bonds. The van der Waals surface area contributed by atoms with Crippen LogP contribution in [0.1, 0.15) is 20.8 Å². The van der Waals surface area contributed by atoms with Crippen molar-refractivity contribution in [3.63, 3.8) is 0 Å². The molecular weight excluding hydrogens is 296 g/mol. The summed E-state index contributed by atoms with van der Waals surface area (Å²) in [5.74, 6) is 0.508. The maximum Gasteiger partial charge on any atom is 0.412 e. The van der Waals surface area contributed by atoms with Gasteiger partial charge in [-0.3, -0.25) is 10.00 Å². The molecule has 0 saturated carbocycles. The van der Waals surface area contributed by atoms with Gasteiger partial charge in [0, 0.05) is 12.6 Å². The first-order chi connectivity index (χ1) is 10.7. The molecule has 0 unspecified atom stereocenters. The van der Waals surface area contributed by atoms with Gasteiger partial charge in [0.05, 0.1) is 30.4 Å². The zero-order valence-electron chi connectivity index (χ0n) is 14.0. The van der Waals surface area contributed by atoms with E-state index in [1.807, 2.05) is 13.1 Å². The van der Waals surface area contributed by atoms with Gasteiger partial charge in [-0.1, -0.05) is 6.07 Å². The summed E-state index contributed by atoms with van der Waals surface area (Å²) in [6, 6.07) is 5.37. The Morgan fingerprint density at radius 2 is 2.04 bits per heavy atom. The first-order valence-corrected chi connectivity index (χ1v) is 7.17. The molecule has 1 aromatic heterocycles. The van der Waals surface area contributed by atoms with Gasteiger partial charge in [0.25, 0.3) is 0 Å². The van der Waals surface area contributed by atoms with Crippen LogP contribution >= 0.6 is 0 Å². The van der Waals surface area contributed by atoms with Crippen molar-refractivity contribution < 1.29 is 14.3 Å². The van der Waals surface area contributed by atoms with E-state index in [1.165, 1.54) is 7.11 Å². The quantitative estimate of drug-likeness (QED) is 0.907. The van der Waals surface area contributed by atoms with Gasteiger partial charge >= 0.3 is 6.09 Å². The fourth-order valence-corrected chi connectivity index (χ4v) is 2.16. The van der Waals surface area contributed by atoms with Gasteiger partial charge in [-0.25, -0.2) is 4.79 Å². The maximum atomic E-state index is 11.9. The van der Waals surface area contributed by atoms with E-state index >= 15 is 0 Å². The Morgan fingerprint density at radius 1 is 1.35 bits per heavy atom. The normalized spacial score (nSPS) is 11.2. The van der Waals surface area contributed by atoms with Gasteiger partial charge in [0.1, 0.15) is 11.4 Å². The minimum Gasteiger partial charge on any atom is -0.495 e. The smallest absolute Gasteiger partial charge is 0.412 e. The van der Waals surface area contributed by atoms with Crippen molar-refractivity contribution in [3.05, 3.63) is 24.4 Å². The highest BCUT2D eigenvalue weighted by atomic mass is 16.6. The number of hydrogen-bond acceptors (Lipinski definition) is 5. The van der Waals surface area contributed by atoms with E-state index in [4.69, 9.17) is 15.2 Å². The molecule has 0 aliphatic carbocycles. The van der Waals surface area contributed by atoms with Crippen molar-refractivity contribution in [2.45, 2.75) is 26.4 Å². The van der Waals surface area contributed by atoms with Crippen LogP contribution in [0.2, 0.25) is 0 Å². The third-order valence-corrected chi connectivity index (χ3v) is 3.08. The molecule has 0 aliphatic heterocycles. The number of methoxy groups -OCH3 is 1. The average Bonchev–Trinajstić information content (AvgIpc) is 2.77. The summed E-state index contributed by atoms with van der Waals surface area (Å²) in [6.45, 7) is 5.41. The Morgan fingerprint density at radius 3 is 2.57 bits per heavy atom. The second kappa shape index (κ2) is 6.20. The second-order valence-electron chi connectivity index (χ2n) is 6.11. The molecule has 2 aromatic rings. The molecule has 1 heterocycles. The van der Waals surface area contributed by atoms with E-state index in [2.05, 4.69) is 10.4 Å². The molecule has 1 aromatic carbocycles. The van der Waals surface area contributed by atoms with Crippen molar-refractivity contribution in [2.24, 2.45) is 7.05 Å². The summed E-state index contributed by atoms with van der Waals surface area (Å²) in [6.07, 6.45) is 1.05. The van der Waals surface area contributed by atoms with Crippen LogP contribution < -0.4 is 15.8 Å². The Kier molecular flexibility index (Phi) is 4.49. The van der Waals surface area contributed by atoms with Gasteiger partial charge in [-0.2, -0.15) is 5.10 Å². The topological polar surface area (TPSA) is 91.4 Å². The van der Waals surface area contributed by atoms with Gasteiger partial charge in [-0.05, 0) is 32.9 Å². The van der Waals surface area contributed by atoms with Gasteiger partial charge in [0.15, 0.2) is 0 Å². The number of nitrogen functional groups attached to an aromatic ring is 1. The fourth-order valence-electron chi connectivity index (χ4n) is 2.16. The van der Waals surface area contributed by atoms with Crippen molar-refractivity contribution in [1.82, 2.24) is 9.78 Å². The minimum absolute atomic E-state index is 0.508. The van der Waals surface area contributed by atoms with Gasteiger partial charge in [0.2, 0.25) is 0 Å². The van der Waals surface area contributed by atoms with Crippen LogP contribution in [0.25, 0.3) is 11.3 Å². The Balaban J connectivity index is 2.29. The predicted molar refractivity (Wildman–Crippen MR) is 89.5 cm³/mol. The predicted octanol–water partition coefficient (Wildman–Crippen LogP) is 3.02. The molecule has 0 aliphatic rings. The number of hydrogen-bond donors (Lipinski definition) is 2. The minimum atomic E-state index is -0.569. The molecule has 3 N–H and O–H groups in total. The Hall–Kier alpha value is -2.70. The monoisotopic (exact) mass is 318 g/mol. The zero-order valence-corrected chi connectivity index (χ0v) is 14.0. The zero-order chi connectivity index (χ0) is 17.2. The van der Waals surface area contributed by atoms with Crippen molar-refractivity contribution in [1.29, 1.82) is 0 Å². The third kappa shape index (κ3) is 3.94. The lowest BCUT2D eigenvalue weighted by Gasteiger charge is -2.20. The number of aryl methyl sites for hydroxylation is 1. The molecule has 2 rings (SSSR count). The summed E-state index contributed by atoms with van der Waals surface area (Å²) >= 11 is 0. The first kappa shape index (κ1) is 16.7. The molecule has 0 fully saturated rings. The molecule has 7 nitrogen and oxygen atoms in total. The number of carbonyl (C=O) groups is 1. The molecule has 0 bridgehead atoms. The fraction of sp³-hybridized carbons (Fsp3) is 0.375. The first-order valence-electron chi connectivity index (χ1n) is 7.17. The summed E-state index contributed by atoms with van der Waals surface area (Å²) in [7, 11) is 3.34. The summed E-state index contributed by atoms with van der Waals surface area (Å²) in [5.41, 5.74) is 8.09. The van der Waals surface area contributed by atoms with E-state index in [9.17, 15) is 4.79 Å². The Labute approximate surface area is 135 Å². The molecular formula is C16H22N4O3. The van der Waals surface area contributed by atoms with Crippen LogP contribution in [0.15, 0.2) is 24.4 Å². The number of nitrogens with zero attached hydrogens (tertiary/aromatic N) is 2. The number of anilines is 2. The molecule has 124 valence electrons. The molecule has 0 atom stereocenters. The van der Waals surface area contributed by atoms with E-state index in [-0.39, 0.29) is 0 Å². The number of nitrogens with two attached hydrogens (primary N) is 1. The highest BCUT2D eigenvalue weighted by Crippen LogP contribution is 2.33. The van der Waals surface area contributed by atoms with Crippen LogP contribution in [-0.4, -0.2) is 28.6 Å². The summed E-state index contributed by atoms with van der Waals surface area (Å²) in [4.78, 5) is 11.9. The lowest BCUT2D eigenvalue weighted by Crippen LogP contribution is -2.27. The lowest BCUT2D eigenvalue weighted by molar-refractivity contribution is 0.0635. The SMILES string of the molecule is COc1cc(-c2c(N)cnn2C)ccc1NC(=O)OC(C)(C)C. The highest BCUT2D eigenvalue weighted by Gasteiger charge is 2.18. The Bertz CT molecular complexity index is 697. The largest absolute Gasteiger partial charge is 0.495 e. The van der Waals surface area contributed by atoms with Crippen LogP contribution in [-0.2, 0) is 11.8 Å². The van der Waals surface area contributed by atoms with Gasteiger partial charge in [-0.15, -0.1) is 0 Å². The van der Waals surface area contributed by atoms with Crippen LogP contribution in [0.4, 0.5) is 16.2 Å². The molecule has 7 heteroatoms. The average molecular weight is 318 g/mol. The van der Waals surface area contributed by atoms with Crippen LogP contribution in [0.5, 0.6) is 5.75 Å². The van der Waals surface area contributed by atoms with E-state index in [1.54, 1.807) is 43.8 Å². The summed E-state index contributed by atoms with van der Waals surface area (Å²) in [5, 5.41) is 6.80. The van der Waals surface area contributed by atoms with Gasteiger partial charge < -0.3 is 15.2 Å². The van der Waals surface area contributed by atoms with Crippen LogP contribution in [0.3, 0.4) is 0 Å². The number of aromatic nitrogens is 2. The second-order valence-corrected chi connectivity index (χ2v) is 6.11. The number of amides is 1.